The van der Waals surface area contributed by atoms with Crippen LogP contribution < -0.4 is 4.90 Å². The van der Waals surface area contributed by atoms with Gasteiger partial charge in [-0.2, -0.15) is 4.98 Å². The van der Waals surface area contributed by atoms with Crippen LogP contribution in [0.3, 0.4) is 0 Å². The van der Waals surface area contributed by atoms with Crippen molar-refractivity contribution in [2.24, 2.45) is 0 Å². The monoisotopic (exact) mass is 395 g/mol. The van der Waals surface area contributed by atoms with Crippen molar-refractivity contribution in [2.75, 3.05) is 31.1 Å². The molecule has 0 saturated carbocycles. The normalized spacial score (nSPS) is 15.4. The Labute approximate surface area is 170 Å². The summed E-state index contributed by atoms with van der Waals surface area (Å²) in [5.41, 5.74) is 2.02. The maximum absolute atomic E-state index is 13.1. The van der Waals surface area contributed by atoms with Gasteiger partial charge in [0.25, 0.3) is 5.89 Å². The predicted molar refractivity (Wildman–Crippen MR) is 110 cm³/mol. The summed E-state index contributed by atoms with van der Waals surface area (Å²) in [5, 5.41) is 4.08. The molecule has 1 fully saturated rings. The smallest absolute Gasteiger partial charge is 0.261 e. The van der Waals surface area contributed by atoms with Crippen molar-refractivity contribution >= 4 is 5.82 Å². The highest BCUT2D eigenvalue weighted by Gasteiger charge is 2.21. The third kappa shape index (κ3) is 4.79. The molecule has 1 aliphatic rings. The summed E-state index contributed by atoms with van der Waals surface area (Å²) in [7, 11) is 0. The van der Waals surface area contributed by atoms with E-state index in [1.165, 1.54) is 12.1 Å². The fourth-order valence-corrected chi connectivity index (χ4v) is 3.69. The first-order chi connectivity index (χ1) is 14.2. The summed E-state index contributed by atoms with van der Waals surface area (Å²) < 4.78 is 18.7. The molecule has 1 aromatic carbocycles. The van der Waals surface area contributed by atoms with Crippen molar-refractivity contribution in [3.63, 3.8) is 0 Å². The SMILES string of the molecule is CCCc1noc(-c2cccnc2N2CCCN(Cc3ccc(F)cc3)CC2)n1. The number of nitrogens with zero attached hydrogens (tertiary/aromatic N) is 5. The van der Waals surface area contributed by atoms with E-state index in [1.54, 1.807) is 0 Å². The Bertz CT molecular complexity index is 927. The highest BCUT2D eigenvalue weighted by molar-refractivity contribution is 5.69. The summed E-state index contributed by atoms with van der Waals surface area (Å²) >= 11 is 0. The van der Waals surface area contributed by atoms with Crippen LogP contribution in [0.4, 0.5) is 10.2 Å². The van der Waals surface area contributed by atoms with Crippen molar-refractivity contribution in [1.29, 1.82) is 0 Å². The summed E-state index contributed by atoms with van der Waals surface area (Å²) in [6.07, 6.45) is 4.63. The summed E-state index contributed by atoms with van der Waals surface area (Å²) in [6, 6.07) is 10.7. The van der Waals surface area contributed by atoms with Gasteiger partial charge in [0, 0.05) is 45.3 Å². The molecule has 3 aromatic rings. The second-order valence-corrected chi connectivity index (χ2v) is 7.38. The van der Waals surface area contributed by atoms with Crippen molar-refractivity contribution in [2.45, 2.75) is 32.7 Å². The van der Waals surface area contributed by atoms with Crippen molar-refractivity contribution < 1.29 is 8.91 Å². The van der Waals surface area contributed by atoms with Crippen molar-refractivity contribution in [1.82, 2.24) is 20.0 Å². The average Bonchev–Trinajstić information content (AvgIpc) is 3.08. The third-order valence-electron chi connectivity index (χ3n) is 5.17. The molecule has 6 nitrogen and oxygen atoms in total. The maximum atomic E-state index is 13.1. The van der Waals surface area contributed by atoms with Gasteiger partial charge in [-0.1, -0.05) is 24.2 Å². The van der Waals surface area contributed by atoms with E-state index in [4.69, 9.17) is 4.52 Å². The minimum Gasteiger partial charge on any atom is -0.355 e. The molecule has 0 N–H and O–H groups in total. The molecule has 7 heteroatoms. The average molecular weight is 395 g/mol. The first-order valence-corrected chi connectivity index (χ1v) is 10.2. The molecule has 1 saturated heterocycles. The molecule has 2 aromatic heterocycles. The topological polar surface area (TPSA) is 58.3 Å². The molecule has 4 rings (SSSR count). The van der Waals surface area contributed by atoms with Gasteiger partial charge < -0.3 is 9.42 Å². The van der Waals surface area contributed by atoms with Crippen LogP contribution in [0.1, 0.15) is 31.2 Å². The van der Waals surface area contributed by atoms with Gasteiger partial charge in [-0.05, 0) is 42.7 Å². The lowest BCUT2D eigenvalue weighted by atomic mass is 10.2. The van der Waals surface area contributed by atoms with Gasteiger partial charge in [0.15, 0.2) is 5.82 Å². The summed E-state index contributed by atoms with van der Waals surface area (Å²) in [5.74, 6) is 1.96. The number of halogens is 1. The van der Waals surface area contributed by atoms with Crippen LogP contribution in [0.5, 0.6) is 0 Å². The van der Waals surface area contributed by atoms with Gasteiger partial charge in [0.1, 0.15) is 11.6 Å². The number of rotatable bonds is 6. The number of hydrogen-bond donors (Lipinski definition) is 0. The lowest BCUT2D eigenvalue weighted by Gasteiger charge is -2.24. The van der Waals surface area contributed by atoms with Gasteiger partial charge in [-0.15, -0.1) is 0 Å². The zero-order valence-corrected chi connectivity index (χ0v) is 16.7. The molecule has 0 bridgehead atoms. The molecule has 0 amide bonds. The molecule has 0 unspecified atom stereocenters. The lowest BCUT2D eigenvalue weighted by Crippen LogP contribution is -2.31. The maximum Gasteiger partial charge on any atom is 0.261 e. The Balaban J connectivity index is 1.47. The standard InChI is InChI=1S/C22H26FN5O/c1-2-5-20-25-22(29-26-20)19-6-3-11-24-21(19)28-13-4-12-27(14-15-28)16-17-7-9-18(23)10-8-17/h3,6-11H,2,4-5,12-16H2,1H3. The Morgan fingerprint density at radius 3 is 2.76 bits per heavy atom. The van der Waals surface area contributed by atoms with E-state index in [2.05, 4.69) is 31.8 Å². The fraction of sp³-hybridized carbons (Fsp3) is 0.409. The zero-order valence-electron chi connectivity index (χ0n) is 16.7. The third-order valence-corrected chi connectivity index (χ3v) is 5.17. The van der Waals surface area contributed by atoms with Crippen LogP contribution in [0.25, 0.3) is 11.5 Å². The minimum atomic E-state index is -0.193. The van der Waals surface area contributed by atoms with E-state index in [0.717, 1.165) is 74.8 Å². The summed E-state index contributed by atoms with van der Waals surface area (Å²) in [6.45, 7) is 6.62. The van der Waals surface area contributed by atoms with Crippen LogP contribution in [-0.2, 0) is 13.0 Å². The Hall–Kier alpha value is -2.80. The van der Waals surface area contributed by atoms with Crippen LogP contribution in [0.15, 0.2) is 47.1 Å². The van der Waals surface area contributed by atoms with Gasteiger partial charge in [0.2, 0.25) is 0 Å². The molecule has 0 radical (unpaired) electrons. The number of aromatic nitrogens is 3. The van der Waals surface area contributed by atoms with Crippen LogP contribution in [0.2, 0.25) is 0 Å². The molecule has 29 heavy (non-hydrogen) atoms. The second kappa shape index (κ2) is 9.13. The number of anilines is 1. The molecule has 0 atom stereocenters. The van der Waals surface area contributed by atoms with E-state index in [0.29, 0.717) is 5.89 Å². The Morgan fingerprint density at radius 1 is 1.07 bits per heavy atom. The van der Waals surface area contributed by atoms with Crippen LogP contribution >= 0.6 is 0 Å². The Morgan fingerprint density at radius 2 is 1.93 bits per heavy atom. The molecule has 1 aliphatic heterocycles. The van der Waals surface area contributed by atoms with Crippen LogP contribution in [0, 0.1) is 5.82 Å². The number of benzene rings is 1. The fourth-order valence-electron chi connectivity index (χ4n) is 3.69. The molecule has 152 valence electrons. The zero-order chi connectivity index (χ0) is 20.1. The van der Waals surface area contributed by atoms with Gasteiger partial charge in [-0.25, -0.2) is 9.37 Å². The quantitative estimate of drug-likeness (QED) is 0.630. The van der Waals surface area contributed by atoms with Crippen molar-refractivity contribution in [3.05, 3.63) is 59.8 Å². The first-order valence-electron chi connectivity index (χ1n) is 10.2. The second-order valence-electron chi connectivity index (χ2n) is 7.38. The van der Waals surface area contributed by atoms with E-state index >= 15 is 0 Å². The van der Waals surface area contributed by atoms with E-state index in [9.17, 15) is 4.39 Å². The molecule has 0 aliphatic carbocycles. The highest BCUT2D eigenvalue weighted by Crippen LogP contribution is 2.28. The molecule has 3 heterocycles. The lowest BCUT2D eigenvalue weighted by molar-refractivity contribution is 0.285. The van der Waals surface area contributed by atoms with E-state index < -0.39 is 0 Å². The minimum absolute atomic E-state index is 0.193. The van der Waals surface area contributed by atoms with E-state index in [1.807, 2.05) is 30.5 Å². The van der Waals surface area contributed by atoms with E-state index in [-0.39, 0.29) is 5.82 Å². The van der Waals surface area contributed by atoms with Gasteiger partial charge >= 0.3 is 0 Å². The van der Waals surface area contributed by atoms with Crippen LogP contribution in [-0.4, -0.2) is 46.2 Å². The molecule has 0 spiro atoms. The number of aryl methyl sites for hydroxylation is 1. The largest absolute Gasteiger partial charge is 0.355 e. The first kappa shape index (κ1) is 19.5. The number of hydrogen-bond acceptors (Lipinski definition) is 6. The molecular weight excluding hydrogens is 369 g/mol. The summed E-state index contributed by atoms with van der Waals surface area (Å²) in [4.78, 5) is 13.9. The predicted octanol–water partition coefficient (Wildman–Crippen LogP) is 3.94. The van der Waals surface area contributed by atoms with Gasteiger partial charge in [0.05, 0.1) is 5.56 Å². The number of pyridine rings is 1. The highest BCUT2D eigenvalue weighted by atomic mass is 19.1. The van der Waals surface area contributed by atoms with Crippen molar-refractivity contribution in [3.8, 4) is 11.5 Å². The van der Waals surface area contributed by atoms with Gasteiger partial charge in [-0.3, -0.25) is 4.90 Å². The molecular formula is C22H26FN5O. The Kier molecular flexibility index (Phi) is 6.14.